The van der Waals surface area contributed by atoms with E-state index < -0.39 is 6.10 Å². The Morgan fingerprint density at radius 2 is 2.29 bits per heavy atom. The number of rotatable bonds is 4. The Morgan fingerprint density at radius 3 is 3.04 bits per heavy atom. The fraction of sp³-hybridized carbons (Fsp3) is 0.389. The number of carbonyl (C=O) groups is 1. The number of nitriles is 1. The minimum atomic E-state index is -0.624. The number of ether oxygens (including phenoxy) is 1. The zero-order valence-corrected chi connectivity index (χ0v) is 13.6. The molecule has 0 N–H and O–H groups in total. The summed E-state index contributed by atoms with van der Waals surface area (Å²) in [7, 11) is 0. The minimum absolute atomic E-state index is 0.0486. The molecular weight excluding hydrogens is 304 g/mol. The monoisotopic (exact) mass is 324 g/mol. The number of hydrogen-bond donors (Lipinski definition) is 0. The molecule has 0 aliphatic carbocycles. The van der Waals surface area contributed by atoms with Crippen molar-refractivity contribution in [2.75, 3.05) is 13.1 Å². The Kier molecular flexibility index (Phi) is 4.80. The maximum absolute atomic E-state index is 12.7. The fourth-order valence-electron chi connectivity index (χ4n) is 3.04. The number of benzene rings is 1. The molecule has 2 unspecified atom stereocenters. The van der Waals surface area contributed by atoms with Crippen molar-refractivity contribution in [2.24, 2.45) is 0 Å². The van der Waals surface area contributed by atoms with Gasteiger partial charge in [-0.25, -0.2) is 4.98 Å². The average molecular weight is 324 g/mol. The number of hydrogen-bond acceptors (Lipinski definition) is 4. The lowest BCUT2D eigenvalue weighted by Gasteiger charge is -2.34. The van der Waals surface area contributed by atoms with Gasteiger partial charge in [0.25, 0.3) is 5.91 Å². The van der Waals surface area contributed by atoms with Crippen LogP contribution in [0.15, 0.2) is 43.0 Å². The van der Waals surface area contributed by atoms with Crippen LogP contribution < -0.4 is 4.74 Å². The van der Waals surface area contributed by atoms with Gasteiger partial charge in [-0.2, -0.15) is 5.26 Å². The summed E-state index contributed by atoms with van der Waals surface area (Å²) < 4.78 is 7.80. The highest BCUT2D eigenvalue weighted by molar-refractivity contribution is 5.81. The molecule has 1 aromatic heterocycles. The van der Waals surface area contributed by atoms with Crippen molar-refractivity contribution in [2.45, 2.75) is 31.9 Å². The maximum atomic E-state index is 12.7. The van der Waals surface area contributed by atoms with Gasteiger partial charge in [-0.1, -0.05) is 12.1 Å². The molecule has 2 heterocycles. The van der Waals surface area contributed by atoms with Gasteiger partial charge in [-0.05, 0) is 31.9 Å². The minimum Gasteiger partial charge on any atom is -0.480 e. The van der Waals surface area contributed by atoms with E-state index in [2.05, 4.69) is 15.6 Å². The van der Waals surface area contributed by atoms with Gasteiger partial charge in [0.1, 0.15) is 11.8 Å². The van der Waals surface area contributed by atoms with Crippen LogP contribution in [0, 0.1) is 11.3 Å². The van der Waals surface area contributed by atoms with Crippen LogP contribution in [0.4, 0.5) is 0 Å². The van der Waals surface area contributed by atoms with Crippen LogP contribution >= 0.6 is 0 Å². The molecule has 0 saturated carbocycles. The van der Waals surface area contributed by atoms with Gasteiger partial charge in [0.15, 0.2) is 6.10 Å². The van der Waals surface area contributed by atoms with Crippen molar-refractivity contribution in [1.29, 1.82) is 5.26 Å². The molecule has 24 heavy (non-hydrogen) atoms. The molecule has 1 fully saturated rings. The van der Waals surface area contributed by atoms with Gasteiger partial charge in [-0.15, -0.1) is 0 Å². The zero-order valence-electron chi connectivity index (χ0n) is 13.6. The van der Waals surface area contributed by atoms with Crippen molar-refractivity contribution in [1.82, 2.24) is 14.5 Å². The third kappa shape index (κ3) is 3.40. The normalized spacial score (nSPS) is 18.7. The molecule has 1 amide bonds. The van der Waals surface area contributed by atoms with Gasteiger partial charge < -0.3 is 14.2 Å². The fourth-order valence-corrected chi connectivity index (χ4v) is 3.04. The van der Waals surface area contributed by atoms with Crippen molar-refractivity contribution >= 4 is 5.91 Å². The second-order valence-electron chi connectivity index (χ2n) is 5.96. The standard InChI is InChI=1S/C18H20N4O2/c1-14(24-17-7-3-2-5-15(17)11-19)18(23)21-9-4-6-16(12-21)22-10-8-20-13-22/h2-3,5,7-8,10,13-14,16H,4,6,9,12H2,1H3. The van der Waals surface area contributed by atoms with E-state index in [1.165, 1.54) is 0 Å². The number of nitrogens with zero attached hydrogens (tertiary/aromatic N) is 4. The van der Waals surface area contributed by atoms with E-state index in [9.17, 15) is 4.79 Å². The second kappa shape index (κ2) is 7.18. The van der Waals surface area contributed by atoms with E-state index in [1.807, 2.05) is 11.1 Å². The lowest BCUT2D eigenvalue weighted by molar-refractivity contribution is -0.139. The van der Waals surface area contributed by atoms with Crippen molar-refractivity contribution in [3.05, 3.63) is 48.5 Å². The molecule has 1 aromatic carbocycles. The van der Waals surface area contributed by atoms with Crippen molar-refractivity contribution in [3.8, 4) is 11.8 Å². The highest BCUT2D eigenvalue weighted by Crippen LogP contribution is 2.23. The third-order valence-electron chi connectivity index (χ3n) is 4.31. The van der Waals surface area contributed by atoms with E-state index in [1.54, 1.807) is 43.7 Å². The van der Waals surface area contributed by atoms with E-state index >= 15 is 0 Å². The first-order chi connectivity index (χ1) is 11.7. The van der Waals surface area contributed by atoms with Gasteiger partial charge >= 0.3 is 0 Å². The SMILES string of the molecule is CC(Oc1ccccc1C#N)C(=O)N1CCCC(n2ccnc2)C1. The zero-order chi connectivity index (χ0) is 16.9. The topological polar surface area (TPSA) is 71.2 Å². The number of carbonyl (C=O) groups excluding carboxylic acids is 1. The van der Waals surface area contributed by atoms with Gasteiger partial charge in [0.05, 0.1) is 17.9 Å². The first-order valence-corrected chi connectivity index (χ1v) is 8.11. The molecule has 6 nitrogen and oxygen atoms in total. The van der Waals surface area contributed by atoms with Crippen molar-refractivity contribution < 1.29 is 9.53 Å². The summed E-state index contributed by atoms with van der Waals surface area (Å²) in [6.45, 7) is 3.12. The van der Waals surface area contributed by atoms with Crippen LogP contribution in [-0.2, 0) is 4.79 Å². The Bertz CT molecular complexity index is 736. The van der Waals surface area contributed by atoms with Crippen LogP contribution in [0.2, 0.25) is 0 Å². The summed E-state index contributed by atoms with van der Waals surface area (Å²) >= 11 is 0. The smallest absolute Gasteiger partial charge is 0.263 e. The van der Waals surface area contributed by atoms with E-state index in [0.29, 0.717) is 17.9 Å². The third-order valence-corrected chi connectivity index (χ3v) is 4.31. The van der Waals surface area contributed by atoms with Gasteiger partial charge in [-0.3, -0.25) is 4.79 Å². The first kappa shape index (κ1) is 16.1. The number of likely N-dealkylation sites (tertiary alicyclic amines) is 1. The highest BCUT2D eigenvalue weighted by atomic mass is 16.5. The van der Waals surface area contributed by atoms with Crippen molar-refractivity contribution in [3.63, 3.8) is 0 Å². The second-order valence-corrected chi connectivity index (χ2v) is 5.96. The molecule has 2 atom stereocenters. The number of piperidine rings is 1. The van der Waals surface area contributed by atoms with Crippen LogP contribution in [0.3, 0.4) is 0 Å². The lowest BCUT2D eigenvalue weighted by atomic mass is 10.0. The number of para-hydroxylation sites is 1. The predicted molar refractivity (Wildman–Crippen MR) is 88.3 cm³/mol. The van der Waals surface area contributed by atoms with E-state index in [0.717, 1.165) is 19.4 Å². The molecule has 1 aliphatic rings. The summed E-state index contributed by atoms with van der Waals surface area (Å²) in [5.74, 6) is 0.400. The molecule has 2 aromatic rings. The molecule has 0 radical (unpaired) electrons. The van der Waals surface area contributed by atoms with Gasteiger partial charge in [0.2, 0.25) is 0 Å². The molecule has 6 heteroatoms. The largest absolute Gasteiger partial charge is 0.480 e. The molecular formula is C18H20N4O2. The van der Waals surface area contributed by atoms with Crippen LogP contribution in [0.1, 0.15) is 31.4 Å². The number of aromatic nitrogens is 2. The maximum Gasteiger partial charge on any atom is 0.263 e. The molecule has 1 saturated heterocycles. The Labute approximate surface area is 141 Å². The van der Waals surface area contributed by atoms with Crippen LogP contribution in [-0.4, -0.2) is 39.6 Å². The summed E-state index contributed by atoms with van der Waals surface area (Å²) in [6.07, 6.45) is 6.85. The summed E-state index contributed by atoms with van der Waals surface area (Å²) in [4.78, 5) is 18.6. The lowest BCUT2D eigenvalue weighted by Crippen LogP contribution is -2.46. The summed E-state index contributed by atoms with van der Waals surface area (Å²) in [6, 6.07) is 9.31. The number of imidazole rings is 1. The Hall–Kier alpha value is -2.81. The van der Waals surface area contributed by atoms with Crippen LogP contribution in [0.25, 0.3) is 0 Å². The molecule has 124 valence electrons. The Balaban J connectivity index is 1.66. The molecule has 0 spiro atoms. The number of amides is 1. The van der Waals surface area contributed by atoms with Gasteiger partial charge in [0, 0.05) is 25.5 Å². The summed E-state index contributed by atoms with van der Waals surface area (Å²) in [5.41, 5.74) is 0.437. The first-order valence-electron chi connectivity index (χ1n) is 8.11. The highest BCUT2D eigenvalue weighted by Gasteiger charge is 2.28. The molecule has 1 aliphatic heterocycles. The van der Waals surface area contributed by atoms with E-state index in [-0.39, 0.29) is 11.9 Å². The van der Waals surface area contributed by atoms with E-state index in [4.69, 9.17) is 10.00 Å². The molecule has 0 bridgehead atoms. The summed E-state index contributed by atoms with van der Waals surface area (Å²) in [5, 5.41) is 9.12. The molecule has 3 rings (SSSR count). The Morgan fingerprint density at radius 1 is 1.46 bits per heavy atom. The predicted octanol–water partition coefficient (Wildman–Crippen LogP) is 2.39. The average Bonchev–Trinajstić information content (AvgIpc) is 3.16. The van der Waals surface area contributed by atoms with Crippen LogP contribution in [0.5, 0.6) is 5.75 Å². The quantitative estimate of drug-likeness (QED) is 0.866.